The van der Waals surface area contributed by atoms with E-state index in [0.29, 0.717) is 0 Å². The van der Waals surface area contributed by atoms with Crippen LogP contribution in [0.15, 0.2) is 72.8 Å². The van der Waals surface area contributed by atoms with Crippen LogP contribution in [0, 0.1) is 11.8 Å². The Bertz CT molecular complexity index is 937. The molecule has 3 aromatic rings. The predicted molar refractivity (Wildman–Crippen MR) is 111 cm³/mol. The molecule has 0 aliphatic carbocycles. The van der Waals surface area contributed by atoms with Crippen molar-refractivity contribution >= 4 is 23.2 Å². The molecule has 4 heteroatoms. The van der Waals surface area contributed by atoms with Crippen molar-refractivity contribution in [3.8, 4) is 0 Å². The van der Waals surface area contributed by atoms with Crippen LogP contribution in [-0.4, -0.2) is 12.4 Å². The van der Waals surface area contributed by atoms with Gasteiger partial charge in [0.05, 0.1) is 6.04 Å². The summed E-state index contributed by atoms with van der Waals surface area (Å²) in [4.78, 5) is 24.3. The van der Waals surface area contributed by atoms with Gasteiger partial charge >= 0.3 is 6.09 Å². The number of carbonyl (C=O) groups is 2. The normalized spacial score (nSPS) is 13.1. The number of rotatable bonds is 7. The van der Waals surface area contributed by atoms with Crippen LogP contribution < -0.4 is 5.32 Å². The van der Waals surface area contributed by atoms with E-state index in [-0.39, 0.29) is 18.4 Å². The molecule has 0 unspecified atom stereocenters. The van der Waals surface area contributed by atoms with Crippen LogP contribution in [0.3, 0.4) is 0 Å². The lowest BCUT2D eigenvalue weighted by Gasteiger charge is -2.27. The second-order valence-electron chi connectivity index (χ2n) is 7.25. The summed E-state index contributed by atoms with van der Waals surface area (Å²) in [6.45, 7) is 4.14. The molecule has 3 aromatic carbocycles. The first-order valence-corrected chi connectivity index (χ1v) is 9.49. The largest absolute Gasteiger partial charge is 0.445 e. The van der Waals surface area contributed by atoms with Crippen molar-refractivity contribution in [2.75, 3.05) is 0 Å². The summed E-state index contributed by atoms with van der Waals surface area (Å²) in [7, 11) is 0. The van der Waals surface area contributed by atoms with E-state index >= 15 is 0 Å². The number of hydrogen-bond acceptors (Lipinski definition) is 3. The molecule has 0 saturated heterocycles. The van der Waals surface area contributed by atoms with Gasteiger partial charge in [-0.25, -0.2) is 4.79 Å². The molecule has 0 bridgehead atoms. The fraction of sp³-hybridized carbons (Fsp3) is 0.250. The van der Waals surface area contributed by atoms with Crippen molar-refractivity contribution in [3.05, 3.63) is 83.9 Å². The minimum Gasteiger partial charge on any atom is -0.445 e. The molecule has 0 aromatic heterocycles. The lowest BCUT2D eigenvalue weighted by atomic mass is 9.85. The van der Waals surface area contributed by atoms with Crippen LogP contribution in [0.25, 0.3) is 10.8 Å². The van der Waals surface area contributed by atoms with E-state index in [1.165, 1.54) is 0 Å². The van der Waals surface area contributed by atoms with Crippen molar-refractivity contribution in [1.82, 2.24) is 5.32 Å². The minimum atomic E-state index is -0.533. The molecule has 0 spiro atoms. The first kappa shape index (κ1) is 19.6. The Morgan fingerprint density at radius 1 is 0.964 bits per heavy atom. The number of fused-ring (bicyclic) bond motifs is 1. The number of aldehydes is 1. The van der Waals surface area contributed by atoms with E-state index in [2.05, 4.69) is 5.32 Å². The van der Waals surface area contributed by atoms with Gasteiger partial charge < -0.3 is 14.8 Å². The molecule has 0 heterocycles. The zero-order valence-electron chi connectivity index (χ0n) is 16.2. The van der Waals surface area contributed by atoms with Gasteiger partial charge in [-0.1, -0.05) is 80.6 Å². The van der Waals surface area contributed by atoms with Crippen LogP contribution in [0.2, 0.25) is 0 Å². The molecule has 0 saturated carbocycles. The van der Waals surface area contributed by atoms with Gasteiger partial charge in [0.2, 0.25) is 0 Å². The third-order valence-electron chi connectivity index (χ3n) is 4.93. The number of hydrogen-bond donors (Lipinski definition) is 1. The lowest BCUT2D eigenvalue weighted by Crippen LogP contribution is -2.36. The molecular weight excluding hydrogens is 350 g/mol. The van der Waals surface area contributed by atoms with Gasteiger partial charge in [-0.15, -0.1) is 0 Å². The third-order valence-corrected chi connectivity index (χ3v) is 4.93. The maximum atomic E-state index is 12.5. The molecule has 1 amide bonds. The number of benzene rings is 3. The molecule has 144 valence electrons. The Balaban J connectivity index is 1.81. The standard InChI is InChI=1S/C24H25NO3/c1-17(2)22(15-26)23(21-13-12-19-10-6-7-11-20(19)14-21)25-24(27)28-16-18-8-4-3-5-9-18/h3-15,17,22-23H,16H2,1-2H3,(H,25,27)/t22-,23-/m1/s1. The zero-order chi connectivity index (χ0) is 19.9. The molecule has 0 radical (unpaired) electrons. The Morgan fingerprint density at radius 2 is 1.64 bits per heavy atom. The van der Waals surface area contributed by atoms with Gasteiger partial charge in [-0.2, -0.15) is 0 Å². The Kier molecular flexibility index (Phi) is 6.43. The highest BCUT2D eigenvalue weighted by atomic mass is 16.5. The smallest absolute Gasteiger partial charge is 0.407 e. The van der Waals surface area contributed by atoms with Crippen molar-refractivity contribution in [2.45, 2.75) is 26.5 Å². The third kappa shape index (κ3) is 4.77. The van der Waals surface area contributed by atoms with Crippen molar-refractivity contribution in [3.63, 3.8) is 0 Å². The van der Waals surface area contributed by atoms with Gasteiger partial charge in [-0.3, -0.25) is 0 Å². The van der Waals surface area contributed by atoms with Crippen molar-refractivity contribution in [1.29, 1.82) is 0 Å². The van der Waals surface area contributed by atoms with Crippen LogP contribution >= 0.6 is 0 Å². The van der Waals surface area contributed by atoms with Gasteiger partial charge in [-0.05, 0) is 33.9 Å². The van der Waals surface area contributed by atoms with Crippen LogP contribution in [-0.2, 0) is 16.1 Å². The quantitative estimate of drug-likeness (QED) is 0.572. The number of carbonyl (C=O) groups excluding carboxylic acids is 2. The highest BCUT2D eigenvalue weighted by molar-refractivity contribution is 5.83. The summed E-state index contributed by atoms with van der Waals surface area (Å²) in [6.07, 6.45) is 0.386. The van der Waals surface area contributed by atoms with Gasteiger partial charge in [0.15, 0.2) is 0 Å². The van der Waals surface area contributed by atoms with Gasteiger partial charge in [0.1, 0.15) is 12.9 Å². The first-order chi connectivity index (χ1) is 13.6. The summed E-state index contributed by atoms with van der Waals surface area (Å²) in [5, 5.41) is 5.09. The average Bonchev–Trinajstić information content (AvgIpc) is 2.72. The summed E-state index contributed by atoms with van der Waals surface area (Å²) in [5.41, 5.74) is 1.80. The second-order valence-corrected chi connectivity index (χ2v) is 7.25. The SMILES string of the molecule is CC(C)[C@@H](C=O)[C@H](NC(=O)OCc1ccccc1)c1ccc2ccccc2c1. The molecule has 0 fully saturated rings. The highest BCUT2D eigenvalue weighted by Crippen LogP contribution is 2.29. The number of alkyl carbamates (subject to hydrolysis) is 1. The van der Waals surface area contributed by atoms with E-state index in [9.17, 15) is 9.59 Å². The molecule has 3 rings (SSSR count). The maximum Gasteiger partial charge on any atom is 0.407 e. The van der Waals surface area contributed by atoms with Gasteiger partial charge in [0.25, 0.3) is 0 Å². The van der Waals surface area contributed by atoms with Crippen molar-refractivity contribution < 1.29 is 14.3 Å². The topological polar surface area (TPSA) is 55.4 Å². The van der Waals surface area contributed by atoms with E-state index in [1.54, 1.807) is 0 Å². The lowest BCUT2D eigenvalue weighted by molar-refractivity contribution is -0.113. The Hall–Kier alpha value is -3.14. The molecule has 0 aliphatic rings. The number of amides is 1. The van der Waals surface area contributed by atoms with Gasteiger partial charge in [0, 0.05) is 5.92 Å². The minimum absolute atomic E-state index is 0.0726. The summed E-state index contributed by atoms with van der Waals surface area (Å²) >= 11 is 0. The molecule has 28 heavy (non-hydrogen) atoms. The summed E-state index contributed by atoms with van der Waals surface area (Å²) in [6, 6.07) is 23.1. The molecule has 1 N–H and O–H groups in total. The number of nitrogens with one attached hydrogen (secondary N) is 1. The first-order valence-electron chi connectivity index (χ1n) is 9.49. The average molecular weight is 375 g/mol. The van der Waals surface area contributed by atoms with Crippen LogP contribution in [0.4, 0.5) is 4.79 Å². The monoisotopic (exact) mass is 375 g/mol. The molecule has 4 nitrogen and oxygen atoms in total. The van der Waals surface area contributed by atoms with E-state index in [4.69, 9.17) is 4.74 Å². The molecule has 2 atom stereocenters. The second kappa shape index (κ2) is 9.18. The van der Waals surface area contributed by atoms with Crippen LogP contribution in [0.1, 0.15) is 31.0 Å². The van der Waals surface area contributed by atoms with E-state index in [1.807, 2.05) is 86.6 Å². The highest BCUT2D eigenvalue weighted by Gasteiger charge is 2.28. The molecule has 0 aliphatic heterocycles. The maximum absolute atomic E-state index is 12.5. The summed E-state index contributed by atoms with van der Waals surface area (Å²) < 4.78 is 5.38. The van der Waals surface area contributed by atoms with E-state index in [0.717, 1.165) is 28.2 Å². The molecular formula is C24H25NO3. The van der Waals surface area contributed by atoms with E-state index < -0.39 is 12.1 Å². The zero-order valence-corrected chi connectivity index (χ0v) is 16.2. The Labute approximate surface area is 165 Å². The number of ether oxygens (including phenoxy) is 1. The predicted octanol–water partition coefficient (Wildman–Crippen LogP) is 5.28. The fourth-order valence-corrected chi connectivity index (χ4v) is 3.32. The summed E-state index contributed by atoms with van der Waals surface area (Å²) in [5.74, 6) is -0.283. The fourth-order valence-electron chi connectivity index (χ4n) is 3.32. The Morgan fingerprint density at radius 3 is 2.32 bits per heavy atom. The van der Waals surface area contributed by atoms with Crippen LogP contribution in [0.5, 0.6) is 0 Å². The van der Waals surface area contributed by atoms with Crippen molar-refractivity contribution in [2.24, 2.45) is 11.8 Å².